The molecule has 0 bridgehead atoms. The number of thiocarbonyl (C=S) groups is 2. The van der Waals surface area contributed by atoms with Crippen LogP contribution >= 0.6 is 24.4 Å². The molecule has 0 saturated carbocycles. The van der Waals surface area contributed by atoms with Gasteiger partial charge in [0.25, 0.3) is 0 Å². The second-order valence-electron chi connectivity index (χ2n) is 2.84. The van der Waals surface area contributed by atoms with Crippen LogP contribution in [-0.4, -0.2) is 34.9 Å². The van der Waals surface area contributed by atoms with Crippen molar-refractivity contribution in [2.24, 2.45) is 21.7 Å². The lowest BCUT2D eigenvalue weighted by atomic mass is 10.2. The van der Waals surface area contributed by atoms with Gasteiger partial charge in [-0.3, -0.25) is 10.9 Å². The first-order chi connectivity index (χ1) is 7.97. The van der Waals surface area contributed by atoms with Gasteiger partial charge in [0.05, 0.1) is 6.21 Å². The molecule has 1 unspecified atom stereocenters. The van der Waals surface area contributed by atoms with Crippen LogP contribution in [0.3, 0.4) is 0 Å². The first kappa shape index (κ1) is 15.7. The third kappa shape index (κ3) is 8.48. The SMILES string of the molecule is CCOC(C)C(/C=N\NC(N)=S)=NNC(N)=S. The van der Waals surface area contributed by atoms with Crippen LogP contribution in [0.4, 0.5) is 0 Å². The van der Waals surface area contributed by atoms with Gasteiger partial charge in [-0.1, -0.05) is 0 Å². The summed E-state index contributed by atoms with van der Waals surface area (Å²) in [5.41, 5.74) is 15.8. The fourth-order valence-electron chi connectivity index (χ4n) is 0.842. The standard InChI is InChI=1S/C8H16N6OS2/c1-3-15-5(2)6(12-14-8(10)17)4-11-13-7(9)16/h4-5H,3H2,1-2H3,(H3,9,13,16)(H3,10,14,17)/b11-4-,12-6?. The molecule has 0 aliphatic rings. The van der Waals surface area contributed by atoms with Crippen molar-refractivity contribution in [3.63, 3.8) is 0 Å². The fraction of sp³-hybridized carbons (Fsp3) is 0.500. The highest BCUT2D eigenvalue weighted by molar-refractivity contribution is 7.80. The van der Waals surface area contributed by atoms with Crippen molar-refractivity contribution in [3.05, 3.63) is 0 Å². The summed E-state index contributed by atoms with van der Waals surface area (Å²) in [6.07, 6.45) is 1.16. The third-order valence-electron chi connectivity index (χ3n) is 1.50. The van der Waals surface area contributed by atoms with E-state index in [-0.39, 0.29) is 16.3 Å². The minimum absolute atomic E-state index is 0.0573. The Balaban J connectivity index is 4.60. The summed E-state index contributed by atoms with van der Waals surface area (Å²) in [5, 5.41) is 7.84. The molecule has 0 rings (SSSR count). The van der Waals surface area contributed by atoms with Gasteiger partial charge in [-0.25, -0.2) is 0 Å². The first-order valence-corrected chi connectivity index (χ1v) is 5.62. The average molecular weight is 276 g/mol. The Morgan fingerprint density at radius 2 is 1.94 bits per heavy atom. The van der Waals surface area contributed by atoms with E-state index in [0.717, 1.165) is 0 Å². The largest absolute Gasteiger partial charge is 0.375 e. The topological polar surface area (TPSA) is 110 Å². The second kappa shape index (κ2) is 8.79. The molecular weight excluding hydrogens is 260 g/mol. The molecule has 0 aromatic carbocycles. The van der Waals surface area contributed by atoms with Crippen LogP contribution in [0.1, 0.15) is 13.8 Å². The molecule has 6 N–H and O–H groups in total. The summed E-state index contributed by atoms with van der Waals surface area (Å²) in [5.74, 6) is 0. The number of nitrogens with two attached hydrogens (primary N) is 2. The molecule has 0 amide bonds. The van der Waals surface area contributed by atoms with Crippen molar-refractivity contribution in [1.29, 1.82) is 0 Å². The van der Waals surface area contributed by atoms with Crippen LogP contribution in [0.5, 0.6) is 0 Å². The number of hydrogen-bond acceptors (Lipinski definition) is 5. The molecule has 0 aromatic heterocycles. The zero-order valence-corrected chi connectivity index (χ0v) is 11.3. The highest BCUT2D eigenvalue weighted by Crippen LogP contribution is 1.93. The summed E-state index contributed by atoms with van der Waals surface area (Å²) in [7, 11) is 0. The summed E-state index contributed by atoms with van der Waals surface area (Å²) in [4.78, 5) is 0. The van der Waals surface area contributed by atoms with Crippen LogP contribution in [0.25, 0.3) is 0 Å². The molecule has 0 radical (unpaired) electrons. The maximum Gasteiger partial charge on any atom is 0.184 e. The van der Waals surface area contributed by atoms with E-state index in [9.17, 15) is 0 Å². The second-order valence-corrected chi connectivity index (χ2v) is 3.72. The van der Waals surface area contributed by atoms with Gasteiger partial charge in [0, 0.05) is 6.61 Å². The van der Waals surface area contributed by atoms with Crippen molar-refractivity contribution in [3.8, 4) is 0 Å². The van der Waals surface area contributed by atoms with E-state index in [2.05, 4.69) is 45.5 Å². The highest BCUT2D eigenvalue weighted by atomic mass is 32.1. The maximum absolute atomic E-state index is 5.36. The van der Waals surface area contributed by atoms with Crippen LogP contribution in [-0.2, 0) is 4.74 Å². The Kier molecular flexibility index (Phi) is 8.11. The fourth-order valence-corrected chi connectivity index (χ4v) is 0.940. The smallest absolute Gasteiger partial charge is 0.184 e. The van der Waals surface area contributed by atoms with Crippen LogP contribution in [0.15, 0.2) is 10.2 Å². The molecule has 7 nitrogen and oxygen atoms in total. The molecule has 0 fully saturated rings. The average Bonchev–Trinajstić information content (AvgIpc) is 2.22. The minimum Gasteiger partial charge on any atom is -0.375 e. The number of rotatable bonds is 6. The van der Waals surface area contributed by atoms with Crippen molar-refractivity contribution in [2.75, 3.05) is 6.61 Å². The van der Waals surface area contributed by atoms with E-state index in [1.165, 1.54) is 6.21 Å². The van der Waals surface area contributed by atoms with Crippen LogP contribution < -0.4 is 22.3 Å². The Morgan fingerprint density at radius 1 is 1.35 bits per heavy atom. The van der Waals surface area contributed by atoms with Gasteiger partial charge in [0.15, 0.2) is 10.2 Å². The van der Waals surface area contributed by atoms with E-state index < -0.39 is 0 Å². The maximum atomic E-state index is 5.36. The number of nitrogens with one attached hydrogen (secondary N) is 2. The number of nitrogens with zero attached hydrogens (tertiary/aromatic N) is 2. The minimum atomic E-state index is -0.265. The van der Waals surface area contributed by atoms with Crippen LogP contribution in [0.2, 0.25) is 0 Å². The third-order valence-corrected chi connectivity index (χ3v) is 1.68. The van der Waals surface area contributed by atoms with Crippen molar-refractivity contribution in [1.82, 2.24) is 10.9 Å². The molecule has 0 saturated heterocycles. The summed E-state index contributed by atoms with van der Waals surface area (Å²) >= 11 is 9.23. The Hall–Kier alpha value is -1.32. The van der Waals surface area contributed by atoms with Crippen LogP contribution in [0, 0.1) is 0 Å². The van der Waals surface area contributed by atoms with Gasteiger partial charge in [-0.05, 0) is 38.3 Å². The molecule has 9 heteroatoms. The van der Waals surface area contributed by atoms with Crippen molar-refractivity contribution in [2.45, 2.75) is 20.0 Å². The molecule has 0 aliphatic heterocycles. The number of hydrogen-bond donors (Lipinski definition) is 4. The van der Waals surface area contributed by atoms with Gasteiger partial charge in [-0.15, -0.1) is 0 Å². The Morgan fingerprint density at radius 3 is 2.41 bits per heavy atom. The Bertz CT molecular complexity index is 330. The van der Waals surface area contributed by atoms with E-state index in [1.807, 2.05) is 13.8 Å². The predicted octanol–water partition coefficient (Wildman–Crippen LogP) is -0.580. The van der Waals surface area contributed by atoms with Gasteiger partial charge in [-0.2, -0.15) is 10.2 Å². The number of ether oxygens (including phenoxy) is 1. The molecule has 96 valence electrons. The van der Waals surface area contributed by atoms with E-state index >= 15 is 0 Å². The molecule has 1 atom stereocenters. The summed E-state index contributed by atoms with van der Waals surface area (Å²) < 4.78 is 5.36. The summed E-state index contributed by atoms with van der Waals surface area (Å²) in [6.45, 7) is 4.24. The van der Waals surface area contributed by atoms with Crippen molar-refractivity contribution >= 4 is 46.6 Å². The van der Waals surface area contributed by atoms with Gasteiger partial charge in [0.1, 0.15) is 11.8 Å². The van der Waals surface area contributed by atoms with Gasteiger partial charge >= 0.3 is 0 Å². The quantitative estimate of drug-likeness (QED) is 0.292. The van der Waals surface area contributed by atoms with E-state index in [4.69, 9.17) is 16.2 Å². The van der Waals surface area contributed by atoms with E-state index in [1.54, 1.807) is 0 Å². The highest BCUT2D eigenvalue weighted by Gasteiger charge is 2.08. The molecule has 0 aromatic rings. The van der Waals surface area contributed by atoms with E-state index in [0.29, 0.717) is 12.3 Å². The lowest BCUT2D eigenvalue weighted by Crippen LogP contribution is -2.31. The summed E-state index contributed by atoms with van der Waals surface area (Å²) in [6, 6.07) is 0. The van der Waals surface area contributed by atoms with Gasteiger partial charge < -0.3 is 16.2 Å². The van der Waals surface area contributed by atoms with Crippen molar-refractivity contribution < 1.29 is 4.74 Å². The molecule has 0 spiro atoms. The monoisotopic (exact) mass is 276 g/mol. The molecular formula is C8H16N6OS2. The normalized spacial score (nSPS) is 13.4. The lowest BCUT2D eigenvalue weighted by molar-refractivity contribution is 0.123. The Labute approximate surface area is 111 Å². The molecule has 17 heavy (non-hydrogen) atoms. The predicted molar refractivity (Wildman–Crippen MR) is 76.9 cm³/mol. The first-order valence-electron chi connectivity index (χ1n) is 4.80. The number of hydrazone groups is 2. The lowest BCUT2D eigenvalue weighted by Gasteiger charge is -2.11. The zero-order valence-electron chi connectivity index (χ0n) is 9.64. The molecule has 0 aliphatic carbocycles. The molecule has 0 heterocycles. The zero-order chi connectivity index (χ0) is 13.3. The van der Waals surface area contributed by atoms with Gasteiger partial charge in [0.2, 0.25) is 0 Å².